The first-order valence-corrected chi connectivity index (χ1v) is 10.8. The Morgan fingerprint density at radius 1 is 0.933 bits per heavy atom. The van der Waals surface area contributed by atoms with Crippen molar-refractivity contribution in [2.75, 3.05) is 6.54 Å². The molecule has 1 aliphatic heterocycles. The molecule has 4 aromatic rings. The van der Waals surface area contributed by atoms with E-state index in [1.807, 2.05) is 18.2 Å². The molecule has 0 bridgehead atoms. The largest absolute Gasteiger partial charge is 0.354 e. The zero-order valence-corrected chi connectivity index (χ0v) is 17.5. The molecule has 0 radical (unpaired) electrons. The Hall–Kier alpha value is -3.33. The van der Waals surface area contributed by atoms with E-state index in [0.717, 1.165) is 47.3 Å². The maximum atomic E-state index is 13.4. The molecule has 0 spiro atoms. The number of carbonyl (C=O) groups is 1. The van der Waals surface area contributed by atoms with Gasteiger partial charge in [0, 0.05) is 28.6 Å². The minimum atomic E-state index is -0.0762. The second-order valence-corrected chi connectivity index (χ2v) is 8.17. The summed E-state index contributed by atoms with van der Waals surface area (Å²) in [7, 11) is 0. The smallest absolute Gasteiger partial charge is 0.255 e. The van der Waals surface area contributed by atoms with E-state index in [0.29, 0.717) is 0 Å². The molecule has 3 heteroatoms. The van der Waals surface area contributed by atoms with Crippen molar-refractivity contribution in [1.29, 1.82) is 0 Å². The molecule has 3 nitrogen and oxygen atoms in total. The van der Waals surface area contributed by atoms with Gasteiger partial charge in [-0.2, -0.15) is 0 Å². The lowest BCUT2D eigenvalue weighted by Gasteiger charge is -2.26. The van der Waals surface area contributed by atoms with Crippen molar-refractivity contribution in [3.8, 4) is 11.3 Å². The quantitative estimate of drug-likeness (QED) is 0.413. The fourth-order valence-electron chi connectivity index (χ4n) is 4.64. The van der Waals surface area contributed by atoms with Gasteiger partial charge in [-0.05, 0) is 36.6 Å². The summed E-state index contributed by atoms with van der Waals surface area (Å²) in [5.41, 5.74) is 7.74. The van der Waals surface area contributed by atoms with Crippen molar-refractivity contribution in [3.63, 3.8) is 0 Å². The minimum Gasteiger partial charge on any atom is -0.354 e. The summed E-state index contributed by atoms with van der Waals surface area (Å²) >= 11 is 0. The van der Waals surface area contributed by atoms with Crippen LogP contribution in [0.25, 0.3) is 22.2 Å². The van der Waals surface area contributed by atoms with Crippen LogP contribution in [-0.2, 0) is 0 Å². The number of amides is 1. The van der Waals surface area contributed by atoms with E-state index in [1.54, 1.807) is 0 Å². The van der Waals surface area contributed by atoms with Crippen LogP contribution in [0.5, 0.6) is 0 Å². The molecule has 1 aromatic heterocycles. The van der Waals surface area contributed by atoms with Gasteiger partial charge in [-0.25, -0.2) is 0 Å². The van der Waals surface area contributed by atoms with Gasteiger partial charge in [0.25, 0.3) is 5.91 Å². The number of aromatic nitrogens is 1. The summed E-state index contributed by atoms with van der Waals surface area (Å²) in [5, 5.41) is 1.18. The fourth-order valence-corrected chi connectivity index (χ4v) is 4.64. The van der Waals surface area contributed by atoms with E-state index < -0.39 is 0 Å². The molecule has 5 rings (SSSR count). The van der Waals surface area contributed by atoms with Crippen LogP contribution in [0.4, 0.5) is 0 Å². The summed E-state index contributed by atoms with van der Waals surface area (Å²) in [4.78, 5) is 19.1. The number of aromatic amines is 1. The molecule has 1 unspecified atom stereocenters. The highest BCUT2D eigenvalue weighted by Crippen LogP contribution is 2.45. The lowest BCUT2D eigenvalue weighted by atomic mass is 9.93. The zero-order chi connectivity index (χ0) is 20.7. The summed E-state index contributed by atoms with van der Waals surface area (Å²) in [6, 6.07) is 25.1. The van der Waals surface area contributed by atoms with Crippen LogP contribution in [0, 0.1) is 6.92 Å². The lowest BCUT2D eigenvalue weighted by molar-refractivity contribution is 0.0748. The van der Waals surface area contributed by atoms with Crippen LogP contribution in [0.2, 0.25) is 0 Å². The van der Waals surface area contributed by atoms with Gasteiger partial charge < -0.3 is 9.88 Å². The molecule has 1 amide bonds. The first kappa shape index (κ1) is 18.7. The van der Waals surface area contributed by atoms with E-state index in [1.165, 1.54) is 16.5 Å². The highest BCUT2D eigenvalue weighted by atomic mass is 16.2. The molecule has 150 valence electrons. The zero-order valence-electron chi connectivity index (χ0n) is 17.5. The number of unbranched alkanes of at least 4 members (excludes halogenated alkanes) is 1. The maximum Gasteiger partial charge on any atom is 0.255 e. The Balaban J connectivity index is 1.77. The summed E-state index contributed by atoms with van der Waals surface area (Å²) < 4.78 is 0. The van der Waals surface area contributed by atoms with Crippen LogP contribution in [-0.4, -0.2) is 22.3 Å². The Bertz CT molecular complexity index is 1220. The number of fused-ring (bicyclic) bond motifs is 2. The Labute approximate surface area is 177 Å². The molecule has 1 atom stereocenters. The number of benzene rings is 3. The third-order valence-electron chi connectivity index (χ3n) is 6.17. The first-order chi connectivity index (χ1) is 14.7. The SMILES string of the molecule is CCCCN1C(=O)c2ccccc2C1c1c(-c2ccc(C)cc2)[nH]c2ccccc12. The van der Waals surface area contributed by atoms with Crippen LogP contribution in [0.15, 0.2) is 72.8 Å². The second-order valence-electron chi connectivity index (χ2n) is 8.17. The number of carbonyl (C=O) groups excluding carboxylic acids is 1. The fraction of sp³-hybridized carbons (Fsp3) is 0.222. The number of H-pyrrole nitrogens is 1. The van der Waals surface area contributed by atoms with Crippen LogP contribution < -0.4 is 0 Å². The molecular formula is C27H26N2O. The first-order valence-electron chi connectivity index (χ1n) is 10.8. The van der Waals surface area contributed by atoms with Gasteiger partial charge in [-0.1, -0.05) is 79.6 Å². The predicted molar refractivity (Wildman–Crippen MR) is 123 cm³/mol. The number of aryl methyl sites for hydroxylation is 1. The third kappa shape index (κ3) is 2.93. The molecule has 1 aliphatic rings. The standard InChI is InChI=1S/C27H26N2O/c1-3-4-17-29-26(20-9-5-6-10-21(20)27(29)30)24-22-11-7-8-12-23(22)28-25(24)19-15-13-18(2)14-16-19/h5-16,26,28H,3-4,17H2,1-2H3. The third-order valence-corrected chi connectivity index (χ3v) is 6.17. The Morgan fingerprint density at radius 2 is 1.67 bits per heavy atom. The molecule has 0 fully saturated rings. The predicted octanol–water partition coefficient (Wildman–Crippen LogP) is 6.49. The number of para-hydroxylation sites is 1. The molecule has 0 aliphatic carbocycles. The van der Waals surface area contributed by atoms with Crippen molar-refractivity contribution in [1.82, 2.24) is 9.88 Å². The average Bonchev–Trinajstić information content (AvgIpc) is 3.28. The minimum absolute atomic E-state index is 0.0762. The summed E-state index contributed by atoms with van der Waals surface area (Å²) in [5.74, 6) is 0.143. The van der Waals surface area contributed by atoms with Gasteiger partial charge in [0.05, 0.1) is 11.7 Å². The Kier molecular flexibility index (Phi) is 4.66. The number of hydrogen-bond acceptors (Lipinski definition) is 1. The highest BCUT2D eigenvalue weighted by Gasteiger charge is 2.39. The van der Waals surface area contributed by atoms with Crippen molar-refractivity contribution < 1.29 is 4.79 Å². The van der Waals surface area contributed by atoms with E-state index in [-0.39, 0.29) is 11.9 Å². The number of nitrogens with zero attached hydrogens (tertiary/aromatic N) is 1. The highest BCUT2D eigenvalue weighted by molar-refractivity contribution is 6.02. The van der Waals surface area contributed by atoms with E-state index >= 15 is 0 Å². The molecule has 0 saturated carbocycles. The van der Waals surface area contributed by atoms with Crippen LogP contribution in [0.1, 0.15) is 52.9 Å². The average molecular weight is 395 g/mol. The van der Waals surface area contributed by atoms with Crippen LogP contribution >= 0.6 is 0 Å². The van der Waals surface area contributed by atoms with Gasteiger partial charge in [-0.15, -0.1) is 0 Å². The van der Waals surface area contributed by atoms with Gasteiger partial charge in [0.15, 0.2) is 0 Å². The number of hydrogen-bond donors (Lipinski definition) is 1. The molecule has 2 heterocycles. The number of rotatable bonds is 5. The van der Waals surface area contributed by atoms with Crippen molar-refractivity contribution in [2.24, 2.45) is 0 Å². The maximum absolute atomic E-state index is 13.4. The second kappa shape index (κ2) is 7.49. The van der Waals surface area contributed by atoms with Crippen molar-refractivity contribution >= 4 is 16.8 Å². The summed E-state index contributed by atoms with van der Waals surface area (Å²) in [6.07, 6.45) is 2.06. The normalized spacial score (nSPS) is 15.7. The monoisotopic (exact) mass is 394 g/mol. The molecule has 0 saturated heterocycles. The van der Waals surface area contributed by atoms with Gasteiger partial charge in [0.1, 0.15) is 0 Å². The lowest BCUT2D eigenvalue weighted by Crippen LogP contribution is -2.30. The van der Waals surface area contributed by atoms with Crippen molar-refractivity contribution in [3.05, 3.63) is 95.1 Å². The van der Waals surface area contributed by atoms with E-state index in [9.17, 15) is 4.79 Å². The molecule has 30 heavy (non-hydrogen) atoms. The Morgan fingerprint density at radius 3 is 2.47 bits per heavy atom. The van der Waals surface area contributed by atoms with Crippen molar-refractivity contribution in [2.45, 2.75) is 32.7 Å². The van der Waals surface area contributed by atoms with Gasteiger partial charge in [0.2, 0.25) is 0 Å². The summed E-state index contributed by atoms with van der Waals surface area (Å²) in [6.45, 7) is 5.04. The van der Waals surface area contributed by atoms with Crippen LogP contribution in [0.3, 0.4) is 0 Å². The molecular weight excluding hydrogens is 368 g/mol. The molecule has 1 N–H and O–H groups in total. The van der Waals surface area contributed by atoms with E-state index in [2.05, 4.69) is 78.3 Å². The topological polar surface area (TPSA) is 36.1 Å². The molecule has 3 aromatic carbocycles. The van der Waals surface area contributed by atoms with Gasteiger partial charge in [-0.3, -0.25) is 4.79 Å². The number of nitrogens with one attached hydrogen (secondary N) is 1. The van der Waals surface area contributed by atoms with Gasteiger partial charge >= 0.3 is 0 Å². The van der Waals surface area contributed by atoms with E-state index in [4.69, 9.17) is 0 Å².